The van der Waals surface area contributed by atoms with Crippen molar-refractivity contribution in [3.05, 3.63) is 102 Å². The first-order valence-corrected chi connectivity index (χ1v) is 13.1. The quantitative estimate of drug-likeness (QED) is 0.306. The lowest BCUT2D eigenvalue weighted by molar-refractivity contribution is -0.113. The first-order valence-electron chi connectivity index (χ1n) is 10.1. The van der Waals surface area contributed by atoms with E-state index in [-0.39, 0.29) is 16.6 Å². The summed E-state index contributed by atoms with van der Waals surface area (Å²) in [5, 5.41) is 5.23. The van der Waals surface area contributed by atoms with Crippen LogP contribution >= 0.6 is 23.4 Å². The minimum absolute atomic E-state index is 0.115. The molecule has 0 unspecified atom stereocenters. The van der Waals surface area contributed by atoms with Gasteiger partial charge in [-0.3, -0.25) is 9.52 Å². The van der Waals surface area contributed by atoms with Gasteiger partial charge in [0.2, 0.25) is 5.91 Å². The predicted molar refractivity (Wildman–Crippen MR) is 137 cm³/mol. The molecule has 0 radical (unpaired) electrons. The Morgan fingerprint density at radius 2 is 1.61 bits per heavy atom. The molecule has 0 heterocycles. The second kappa shape index (κ2) is 10.3. The topological polar surface area (TPSA) is 75.3 Å². The minimum Gasteiger partial charge on any atom is -0.325 e. The van der Waals surface area contributed by atoms with Crippen molar-refractivity contribution in [2.45, 2.75) is 10.6 Å². The number of anilines is 2. The molecule has 0 saturated heterocycles. The second-order valence-corrected chi connectivity index (χ2v) is 10.4. The van der Waals surface area contributed by atoms with Crippen LogP contribution in [-0.4, -0.2) is 20.1 Å². The summed E-state index contributed by atoms with van der Waals surface area (Å²) < 4.78 is 28.4. The third-order valence-corrected chi connectivity index (χ3v) is 7.49. The van der Waals surface area contributed by atoms with Gasteiger partial charge in [-0.05, 0) is 53.4 Å². The monoisotopic (exact) mass is 496 g/mol. The van der Waals surface area contributed by atoms with Crippen LogP contribution in [-0.2, 0) is 20.6 Å². The fourth-order valence-electron chi connectivity index (χ4n) is 3.32. The maximum Gasteiger partial charge on any atom is 0.261 e. The van der Waals surface area contributed by atoms with E-state index in [1.165, 1.54) is 23.9 Å². The van der Waals surface area contributed by atoms with E-state index in [9.17, 15) is 13.2 Å². The summed E-state index contributed by atoms with van der Waals surface area (Å²) in [7, 11) is -3.78. The number of benzene rings is 4. The highest BCUT2D eigenvalue weighted by molar-refractivity contribution is 7.99. The number of carbonyl (C=O) groups excluding carboxylic acids is 1. The molecule has 0 fully saturated rings. The zero-order valence-electron chi connectivity index (χ0n) is 17.5. The molecule has 0 bridgehead atoms. The zero-order chi connectivity index (χ0) is 23.3. The molecule has 33 heavy (non-hydrogen) atoms. The van der Waals surface area contributed by atoms with Crippen molar-refractivity contribution in [1.82, 2.24) is 0 Å². The summed E-state index contributed by atoms with van der Waals surface area (Å²) in [6, 6.07) is 26.7. The van der Waals surface area contributed by atoms with E-state index in [1.807, 2.05) is 60.7 Å². The number of sulfonamides is 1. The Kier molecular flexibility index (Phi) is 7.23. The maximum atomic E-state index is 12.9. The highest BCUT2D eigenvalue weighted by atomic mass is 35.5. The second-order valence-electron chi connectivity index (χ2n) is 7.33. The standard InChI is InChI=1S/C25H21ClN2O3S2/c26-20-8-3-5-18(15-20)16-32-17-25(29)27-21-11-13-22(14-12-21)33(30,31)28-24-10-4-7-19-6-1-2-9-23(19)24/h1-15,28H,16-17H2,(H,27,29). The Bertz CT molecular complexity index is 1390. The molecule has 5 nitrogen and oxygen atoms in total. The molecule has 1 amide bonds. The van der Waals surface area contributed by atoms with Gasteiger partial charge in [0.15, 0.2) is 0 Å². The fraction of sp³-hybridized carbons (Fsp3) is 0.0800. The zero-order valence-corrected chi connectivity index (χ0v) is 19.9. The van der Waals surface area contributed by atoms with Crippen LogP contribution in [0.4, 0.5) is 11.4 Å². The van der Waals surface area contributed by atoms with E-state index < -0.39 is 10.0 Å². The molecule has 4 aromatic rings. The number of thioether (sulfide) groups is 1. The lowest BCUT2D eigenvalue weighted by Gasteiger charge is -2.11. The molecule has 4 aromatic carbocycles. The summed E-state index contributed by atoms with van der Waals surface area (Å²) in [5.41, 5.74) is 2.10. The molecular formula is C25H21ClN2O3S2. The third-order valence-electron chi connectivity index (χ3n) is 4.87. The van der Waals surface area contributed by atoms with Crippen molar-refractivity contribution >= 4 is 61.4 Å². The van der Waals surface area contributed by atoms with E-state index in [2.05, 4.69) is 10.0 Å². The number of hydrogen-bond acceptors (Lipinski definition) is 4. The molecular weight excluding hydrogens is 476 g/mol. The molecule has 2 N–H and O–H groups in total. The van der Waals surface area contributed by atoms with E-state index in [0.29, 0.717) is 22.2 Å². The molecule has 0 aliphatic rings. The number of fused-ring (bicyclic) bond motifs is 1. The molecule has 8 heteroatoms. The van der Waals surface area contributed by atoms with Gasteiger partial charge in [0.25, 0.3) is 10.0 Å². The Morgan fingerprint density at radius 3 is 2.39 bits per heavy atom. The van der Waals surface area contributed by atoms with Crippen LogP contribution in [0, 0.1) is 0 Å². The maximum absolute atomic E-state index is 12.9. The van der Waals surface area contributed by atoms with Crippen LogP contribution < -0.4 is 10.0 Å². The third kappa shape index (κ3) is 6.07. The van der Waals surface area contributed by atoms with Gasteiger partial charge < -0.3 is 5.32 Å². The SMILES string of the molecule is O=C(CSCc1cccc(Cl)c1)Nc1ccc(S(=O)(=O)Nc2cccc3ccccc23)cc1. The summed E-state index contributed by atoms with van der Waals surface area (Å²) in [5.74, 6) is 0.784. The van der Waals surface area contributed by atoms with Crippen molar-refractivity contribution in [3.63, 3.8) is 0 Å². The van der Waals surface area contributed by atoms with E-state index in [1.54, 1.807) is 18.2 Å². The molecule has 0 atom stereocenters. The Labute approximate surface area is 202 Å². The summed E-state index contributed by atoms with van der Waals surface area (Å²) >= 11 is 7.45. The Balaban J connectivity index is 1.36. The molecule has 0 aliphatic heterocycles. The summed E-state index contributed by atoms with van der Waals surface area (Å²) in [4.78, 5) is 12.3. The van der Waals surface area contributed by atoms with Crippen molar-refractivity contribution in [1.29, 1.82) is 0 Å². The number of rotatable bonds is 8. The summed E-state index contributed by atoms with van der Waals surface area (Å²) in [6.07, 6.45) is 0. The number of carbonyl (C=O) groups is 1. The molecule has 0 spiro atoms. The van der Waals surface area contributed by atoms with Gasteiger partial charge in [0.05, 0.1) is 16.3 Å². The molecule has 168 valence electrons. The average molecular weight is 497 g/mol. The molecule has 4 rings (SSSR count). The van der Waals surface area contributed by atoms with Crippen molar-refractivity contribution in [2.24, 2.45) is 0 Å². The van der Waals surface area contributed by atoms with Gasteiger partial charge >= 0.3 is 0 Å². The molecule has 0 saturated carbocycles. The van der Waals surface area contributed by atoms with Crippen LogP contribution in [0.5, 0.6) is 0 Å². The molecule has 0 aliphatic carbocycles. The lowest BCUT2D eigenvalue weighted by atomic mass is 10.1. The van der Waals surface area contributed by atoms with Gasteiger partial charge in [0, 0.05) is 21.8 Å². The first-order chi connectivity index (χ1) is 15.9. The smallest absolute Gasteiger partial charge is 0.261 e. The van der Waals surface area contributed by atoms with Gasteiger partial charge in [-0.1, -0.05) is 60.1 Å². The van der Waals surface area contributed by atoms with Crippen molar-refractivity contribution in [2.75, 3.05) is 15.8 Å². The normalized spacial score (nSPS) is 11.3. The number of amides is 1. The first kappa shape index (κ1) is 23.2. The van der Waals surface area contributed by atoms with Crippen LogP contribution in [0.1, 0.15) is 5.56 Å². The number of hydrogen-bond donors (Lipinski definition) is 2. The summed E-state index contributed by atoms with van der Waals surface area (Å²) in [6.45, 7) is 0. The Morgan fingerprint density at radius 1 is 0.879 bits per heavy atom. The van der Waals surface area contributed by atoms with Crippen molar-refractivity contribution in [3.8, 4) is 0 Å². The Hall–Kier alpha value is -3.00. The van der Waals surface area contributed by atoms with Crippen LogP contribution in [0.25, 0.3) is 10.8 Å². The van der Waals surface area contributed by atoms with Gasteiger partial charge in [-0.25, -0.2) is 8.42 Å². The highest BCUT2D eigenvalue weighted by Crippen LogP contribution is 2.26. The minimum atomic E-state index is -3.78. The fourth-order valence-corrected chi connectivity index (χ4v) is 5.39. The number of nitrogens with one attached hydrogen (secondary N) is 2. The highest BCUT2D eigenvalue weighted by Gasteiger charge is 2.16. The van der Waals surface area contributed by atoms with Gasteiger partial charge in [-0.2, -0.15) is 0 Å². The van der Waals surface area contributed by atoms with Crippen LogP contribution in [0.2, 0.25) is 5.02 Å². The average Bonchev–Trinajstić information content (AvgIpc) is 2.80. The van der Waals surface area contributed by atoms with E-state index >= 15 is 0 Å². The lowest BCUT2D eigenvalue weighted by Crippen LogP contribution is -2.15. The van der Waals surface area contributed by atoms with E-state index in [4.69, 9.17) is 11.6 Å². The van der Waals surface area contributed by atoms with Gasteiger partial charge in [0.1, 0.15) is 0 Å². The largest absolute Gasteiger partial charge is 0.325 e. The predicted octanol–water partition coefficient (Wildman–Crippen LogP) is 6.17. The van der Waals surface area contributed by atoms with Crippen LogP contribution in [0.15, 0.2) is 95.9 Å². The van der Waals surface area contributed by atoms with Crippen LogP contribution in [0.3, 0.4) is 0 Å². The number of halogens is 1. The van der Waals surface area contributed by atoms with E-state index in [0.717, 1.165) is 16.3 Å². The van der Waals surface area contributed by atoms with Gasteiger partial charge in [-0.15, -0.1) is 11.8 Å². The van der Waals surface area contributed by atoms with Crippen molar-refractivity contribution < 1.29 is 13.2 Å². The molecule has 0 aromatic heterocycles.